The highest BCUT2D eigenvalue weighted by atomic mass is 16.5. The van der Waals surface area contributed by atoms with E-state index in [2.05, 4.69) is 20.7 Å². The van der Waals surface area contributed by atoms with Gasteiger partial charge in [0.15, 0.2) is 13.2 Å². The summed E-state index contributed by atoms with van der Waals surface area (Å²) in [5, 5.41) is 14.8. The summed E-state index contributed by atoms with van der Waals surface area (Å²) < 4.78 is 5.04. The van der Waals surface area contributed by atoms with Crippen LogP contribution in [0.3, 0.4) is 0 Å². The van der Waals surface area contributed by atoms with Gasteiger partial charge in [-0.05, 0) is 36.6 Å². The number of hydrogen-bond acceptors (Lipinski definition) is 6. The SMILES string of the molecule is CCc1cccc(C)c1NC(=O)COC(=O)Cn1nnc(-c2ccc(C)cc2)n1. The second-order valence-electron chi connectivity index (χ2n) is 6.68. The van der Waals surface area contributed by atoms with Gasteiger partial charge in [0.1, 0.15) is 0 Å². The standard InChI is InChI=1S/C21H23N5O3/c1-4-16-7-5-6-15(3)20(16)22-18(27)13-29-19(28)12-26-24-21(23-25-26)17-10-8-14(2)9-11-17/h5-11H,4,12-13H2,1-3H3,(H,22,27). The minimum Gasteiger partial charge on any atom is -0.454 e. The van der Waals surface area contributed by atoms with E-state index >= 15 is 0 Å². The third kappa shape index (κ3) is 5.25. The molecule has 0 radical (unpaired) electrons. The van der Waals surface area contributed by atoms with Gasteiger partial charge in [-0.15, -0.1) is 10.2 Å². The van der Waals surface area contributed by atoms with Gasteiger partial charge in [-0.1, -0.05) is 55.0 Å². The molecule has 3 rings (SSSR count). The molecule has 0 aliphatic carbocycles. The van der Waals surface area contributed by atoms with Crippen molar-refractivity contribution in [2.75, 3.05) is 11.9 Å². The van der Waals surface area contributed by atoms with Gasteiger partial charge in [-0.25, -0.2) is 4.79 Å². The number of esters is 1. The summed E-state index contributed by atoms with van der Waals surface area (Å²) in [5.41, 5.74) is 4.68. The zero-order valence-corrected chi connectivity index (χ0v) is 16.7. The van der Waals surface area contributed by atoms with Crippen LogP contribution in [0.1, 0.15) is 23.6 Å². The van der Waals surface area contributed by atoms with Crippen molar-refractivity contribution in [2.24, 2.45) is 0 Å². The number of ether oxygens (including phenoxy) is 1. The lowest BCUT2D eigenvalue weighted by Gasteiger charge is -2.13. The zero-order chi connectivity index (χ0) is 20.8. The third-order valence-electron chi connectivity index (χ3n) is 4.40. The largest absolute Gasteiger partial charge is 0.454 e. The molecule has 150 valence electrons. The first kappa shape index (κ1) is 20.2. The number of anilines is 1. The fourth-order valence-corrected chi connectivity index (χ4v) is 2.81. The molecule has 2 aromatic carbocycles. The van der Waals surface area contributed by atoms with Gasteiger partial charge in [-0.2, -0.15) is 4.80 Å². The second-order valence-corrected chi connectivity index (χ2v) is 6.68. The maximum atomic E-state index is 12.2. The smallest absolute Gasteiger partial charge is 0.330 e. The lowest BCUT2D eigenvalue weighted by molar-refractivity contribution is -0.148. The monoisotopic (exact) mass is 393 g/mol. The topological polar surface area (TPSA) is 99.0 Å². The van der Waals surface area contributed by atoms with Gasteiger partial charge in [0.25, 0.3) is 5.91 Å². The van der Waals surface area contributed by atoms with Crippen LogP contribution < -0.4 is 5.32 Å². The minimum absolute atomic E-state index is 0.225. The molecule has 8 nitrogen and oxygen atoms in total. The first-order chi connectivity index (χ1) is 14.0. The van der Waals surface area contributed by atoms with Crippen molar-refractivity contribution < 1.29 is 14.3 Å². The van der Waals surface area contributed by atoms with Crippen molar-refractivity contribution in [3.8, 4) is 11.4 Å². The van der Waals surface area contributed by atoms with Crippen LogP contribution in [-0.4, -0.2) is 38.7 Å². The fraction of sp³-hybridized carbons (Fsp3) is 0.286. The van der Waals surface area contributed by atoms with Gasteiger partial charge in [0, 0.05) is 11.3 Å². The molecule has 29 heavy (non-hydrogen) atoms. The number of benzene rings is 2. The molecule has 0 bridgehead atoms. The second kappa shape index (κ2) is 9.09. The van der Waals surface area contributed by atoms with Gasteiger partial charge in [0.05, 0.1) is 0 Å². The minimum atomic E-state index is -0.617. The molecule has 0 aliphatic heterocycles. The number of nitrogens with zero attached hydrogens (tertiary/aromatic N) is 4. The Morgan fingerprint density at radius 1 is 1.10 bits per heavy atom. The Morgan fingerprint density at radius 2 is 1.86 bits per heavy atom. The number of aromatic nitrogens is 4. The van der Waals surface area contributed by atoms with Gasteiger partial charge < -0.3 is 10.1 Å². The van der Waals surface area contributed by atoms with E-state index in [1.165, 1.54) is 0 Å². The average molecular weight is 393 g/mol. The van der Waals surface area contributed by atoms with Crippen molar-refractivity contribution in [3.63, 3.8) is 0 Å². The predicted molar refractivity (Wildman–Crippen MR) is 108 cm³/mol. The molecule has 1 N–H and O–H groups in total. The Balaban J connectivity index is 1.53. The number of aryl methyl sites for hydroxylation is 3. The Kier molecular flexibility index (Phi) is 6.33. The Labute approximate surface area is 168 Å². The molecule has 0 saturated heterocycles. The van der Waals surface area contributed by atoms with E-state index in [0.29, 0.717) is 5.82 Å². The van der Waals surface area contributed by atoms with E-state index in [1.807, 2.05) is 63.2 Å². The van der Waals surface area contributed by atoms with Crippen molar-refractivity contribution in [1.82, 2.24) is 20.2 Å². The summed E-state index contributed by atoms with van der Waals surface area (Å²) in [6, 6.07) is 13.5. The Morgan fingerprint density at radius 3 is 2.59 bits per heavy atom. The molecule has 1 amide bonds. The van der Waals surface area contributed by atoms with Crippen LogP contribution in [0.15, 0.2) is 42.5 Å². The van der Waals surface area contributed by atoms with E-state index in [-0.39, 0.29) is 13.2 Å². The third-order valence-corrected chi connectivity index (χ3v) is 4.40. The van der Waals surface area contributed by atoms with E-state index in [1.54, 1.807) is 0 Å². The van der Waals surface area contributed by atoms with Gasteiger partial charge in [0.2, 0.25) is 5.82 Å². The van der Waals surface area contributed by atoms with Crippen molar-refractivity contribution >= 4 is 17.6 Å². The first-order valence-corrected chi connectivity index (χ1v) is 9.35. The molecule has 1 heterocycles. The van der Waals surface area contributed by atoms with E-state index in [0.717, 1.165) is 39.2 Å². The van der Waals surface area contributed by atoms with Crippen LogP contribution >= 0.6 is 0 Å². The lowest BCUT2D eigenvalue weighted by Crippen LogP contribution is -2.24. The highest BCUT2D eigenvalue weighted by molar-refractivity contribution is 5.94. The number of hydrogen-bond donors (Lipinski definition) is 1. The molecule has 0 aliphatic rings. The van der Waals surface area contributed by atoms with E-state index in [4.69, 9.17) is 4.74 Å². The Hall–Kier alpha value is -3.55. The highest BCUT2D eigenvalue weighted by Gasteiger charge is 2.13. The quantitative estimate of drug-likeness (QED) is 0.620. The summed E-state index contributed by atoms with van der Waals surface area (Å²) in [6.45, 7) is 5.32. The van der Waals surface area contributed by atoms with Gasteiger partial charge >= 0.3 is 5.97 Å². The summed E-state index contributed by atoms with van der Waals surface area (Å²) in [5.74, 6) is -0.593. The molecule has 1 aromatic heterocycles. The maximum Gasteiger partial charge on any atom is 0.330 e. The van der Waals surface area contributed by atoms with Crippen LogP contribution in [0.5, 0.6) is 0 Å². The Bertz CT molecular complexity index is 1010. The number of tetrazole rings is 1. The summed E-state index contributed by atoms with van der Waals surface area (Å²) in [6.07, 6.45) is 0.790. The molecule has 0 atom stereocenters. The fourth-order valence-electron chi connectivity index (χ4n) is 2.81. The average Bonchev–Trinajstić information content (AvgIpc) is 3.17. The van der Waals surface area contributed by atoms with Crippen LogP contribution in [0.2, 0.25) is 0 Å². The molecule has 0 fully saturated rings. The van der Waals surface area contributed by atoms with Crippen molar-refractivity contribution in [1.29, 1.82) is 0 Å². The molecule has 3 aromatic rings. The molecular weight excluding hydrogens is 370 g/mol. The normalized spacial score (nSPS) is 10.6. The summed E-state index contributed by atoms with van der Waals surface area (Å²) >= 11 is 0. The maximum absolute atomic E-state index is 12.2. The van der Waals surface area contributed by atoms with Crippen LogP contribution in [-0.2, 0) is 27.3 Å². The zero-order valence-electron chi connectivity index (χ0n) is 16.7. The van der Waals surface area contributed by atoms with Gasteiger partial charge in [-0.3, -0.25) is 4.79 Å². The lowest BCUT2D eigenvalue weighted by atomic mass is 10.1. The van der Waals surface area contributed by atoms with Crippen molar-refractivity contribution in [3.05, 3.63) is 59.2 Å². The predicted octanol–water partition coefficient (Wildman–Crippen LogP) is 2.70. The molecular formula is C21H23N5O3. The van der Waals surface area contributed by atoms with E-state index < -0.39 is 11.9 Å². The summed E-state index contributed by atoms with van der Waals surface area (Å²) in [7, 11) is 0. The van der Waals surface area contributed by atoms with Crippen LogP contribution in [0.25, 0.3) is 11.4 Å². The molecule has 0 unspecified atom stereocenters. The molecule has 8 heteroatoms. The van der Waals surface area contributed by atoms with Crippen LogP contribution in [0, 0.1) is 13.8 Å². The molecule has 0 saturated carbocycles. The molecule has 0 spiro atoms. The van der Waals surface area contributed by atoms with E-state index in [9.17, 15) is 9.59 Å². The number of carbonyl (C=O) groups excluding carboxylic acids is 2. The number of rotatable bonds is 7. The summed E-state index contributed by atoms with van der Waals surface area (Å²) in [4.78, 5) is 25.3. The first-order valence-electron chi connectivity index (χ1n) is 9.35. The van der Waals surface area contributed by atoms with Crippen molar-refractivity contribution in [2.45, 2.75) is 33.7 Å². The number of nitrogens with one attached hydrogen (secondary N) is 1. The number of carbonyl (C=O) groups is 2. The number of para-hydroxylation sites is 1. The number of amides is 1. The van der Waals surface area contributed by atoms with Crippen LogP contribution in [0.4, 0.5) is 5.69 Å². The highest BCUT2D eigenvalue weighted by Crippen LogP contribution is 2.21.